The lowest BCUT2D eigenvalue weighted by Crippen LogP contribution is -2.30. The van der Waals surface area contributed by atoms with Crippen molar-refractivity contribution in [3.8, 4) is 0 Å². The van der Waals surface area contributed by atoms with Gasteiger partial charge in [0.15, 0.2) is 0 Å². The molecule has 5 heteroatoms. The first-order chi connectivity index (χ1) is 9.11. The van der Waals surface area contributed by atoms with Gasteiger partial charge in [-0.1, -0.05) is 18.2 Å². The summed E-state index contributed by atoms with van der Waals surface area (Å²) < 4.78 is 1.12. The van der Waals surface area contributed by atoms with Crippen LogP contribution in [0.25, 0.3) is 0 Å². The van der Waals surface area contributed by atoms with Gasteiger partial charge >= 0.3 is 0 Å². The number of thiophene rings is 1. The Kier molecular flexibility index (Phi) is 4.81. The highest BCUT2D eigenvalue weighted by Crippen LogP contribution is 2.20. The van der Waals surface area contributed by atoms with Gasteiger partial charge in [-0.05, 0) is 47.2 Å². The molecule has 0 atom stereocenters. The van der Waals surface area contributed by atoms with E-state index in [9.17, 15) is 4.79 Å². The van der Waals surface area contributed by atoms with Gasteiger partial charge in [0.1, 0.15) is 0 Å². The molecule has 1 heterocycles. The number of hydrogen-bond acceptors (Lipinski definition) is 3. The second kappa shape index (κ2) is 6.38. The third-order valence-corrected chi connectivity index (χ3v) is 4.69. The smallest absolute Gasteiger partial charge is 0.255 e. The molecule has 0 spiro atoms. The topological polar surface area (TPSA) is 46.3 Å². The third kappa shape index (κ3) is 3.48. The van der Waals surface area contributed by atoms with E-state index < -0.39 is 0 Å². The summed E-state index contributed by atoms with van der Waals surface area (Å²) in [6, 6.07) is 9.59. The summed E-state index contributed by atoms with van der Waals surface area (Å²) in [5.74, 6) is 0.0601. The maximum atomic E-state index is 12.4. The minimum absolute atomic E-state index is 0.0601. The normalized spacial score (nSPS) is 10.4. The third-order valence-electron chi connectivity index (χ3n) is 2.90. The molecule has 19 heavy (non-hydrogen) atoms. The van der Waals surface area contributed by atoms with Gasteiger partial charge in [0.25, 0.3) is 5.91 Å². The van der Waals surface area contributed by atoms with Crippen LogP contribution in [-0.4, -0.2) is 17.4 Å². The van der Waals surface area contributed by atoms with Crippen LogP contribution in [0.4, 0.5) is 5.69 Å². The molecule has 0 aliphatic carbocycles. The second-order valence-electron chi connectivity index (χ2n) is 4.16. The molecule has 0 unspecified atom stereocenters. The fraction of sp³-hybridized carbons (Fsp3) is 0.214. The van der Waals surface area contributed by atoms with Crippen molar-refractivity contribution in [3.63, 3.8) is 0 Å². The molecule has 0 radical (unpaired) electrons. The van der Waals surface area contributed by atoms with E-state index in [1.54, 1.807) is 11.3 Å². The summed E-state index contributed by atoms with van der Waals surface area (Å²) in [6.45, 7) is 3.20. The maximum absolute atomic E-state index is 12.4. The number of hydrogen-bond donors (Lipinski definition) is 1. The molecule has 0 saturated heterocycles. The molecule has 0 bridgehead atoms. The quantitative estimate of drug-likeness (QED) is 0.645. The molecule has 1 amide bonds. The van der Waals surface area contributed by atoms with Gasteiger partial charge in [0.2, 0.25) is 0 Å². The summed E-state index contributed by atoms with van der Waals surface area (Å²) >= 11 is 3.81. The summed E-state index contributed by atoms with van der Waals surface area (Å²) in [7, 11) is 0. The van der Waals surface area contributed by atoms with Crippen LogP contribution in [0.2, 0.25) is 0 Å². The molecule has 2 aromatic rings. The van der Waals surface area contributed by atoms with Crippen LogP contribution in [0.3, 0.4) is 0 Å². The van der Waals surface area contributed by atoms with Crippen molar-refractivity contribution in [2.75, 3.05) is 12.3 Å². The zero-order chi connectivity index (χ0) is 13.8. The number of anilines is 1. The van der Waals surface area contributed by atoms with Gasteiger partial charge in [-0.2, -0.15) is 0 Å². The average molecular weight is 386 g/mol. The number of nitrogens with zero attached hydrogens (tertiary/aromatic N) is 1. The van der Waals surface area contributed by atoms with E-state index in [0.29, 0.717) is 13.1 Å². The Morgan fingerprint density at radius 2 is 2.16 bits per heavy atom. The SMILES string of the molecule is CCN(Cc1ccccc1N)C(=O)c1csc(I)c1. The minimum atomic E-state index is 0.0601. The number of carbonyl (C=O) groups excluding carboxylic acids is 1. The van der Waals surface area contributed by atoms with Gasteiger partial charge in [0.05, 0.1) is 8.45 Å². The number of nitrogens with two attached hydrogens (primary N) is 1. The number of rotatable bonds is 4. The Labute approximate surface area is 130 Å². The van der Waals surface area contributed by atoms with Crippen molar-refractivity contribution in [1.29, 1.82) is 0 Å². The number of para-hydroxylation sites is 1. The molecule has 100 valence electrons. The van der Waals surface area contributed by atoms with Gasteiger partial charge in [-0.3, -0.25) is 4.79 Å². The largest absolute Gasteiger partial charge is 0.398 e. The minimum Gasteiger partial charge on any atom is -0.398 e. The Bertz CT molecular complexity index is 582. The summed E-state index contributed by atoms with van der Waals surface area (Å²) in [6.07, 6.45) is 0. The van der Waals surface area contributed by atoms with Crippen LogP contribution in [0.1, 0.15) is 22.8 Å². The molecule has 2 rings (SSSR count). The fourth-order valence-electron chi connectivity index (χ4n) is 1.82. The number of benzene rings is 1. The van der Waals surface area contributed by atoms with Crippen LogP contribution < -0.4 is 5.73 Å². The fourth-order valence-corrected chi connectivity index (χ4v) is 3.14. The monoisotopic (exact) mass is 386 g/mol. The van der Waals surface area contributed by atoms with Crippen LogP contribution in [-0.2, 0) is 6.54 Å². The number of nitrogen functional groups attached to an aromatic ring is 1. The lowest BCUT2D eigenvalue weighted by molar-refractivity contribution is 0.0753. The Balaban J connectivity index is 2.17. The van der Waals surface area contributed by atoms with E-state index in [1.807, 2.05) is 47.5 Å². The highest BCUT2D eigenvalue weighted by molar-refractivity contribution is 14.1. The zero-order valence-electron chi connectivity index (χ0n) is 10.6. The molecule has 3 nitrogen and oxygen atoms in total. The number of halogens is 1. The van der Waals surface area contributed by atoms with E-state index in [4.69, 9.17) is 5.73 Å². The first-order valence-corrected chi connectivity index (χ1v) is 7.94. The Hall–Kier alpha value is -1.08. The molecule has 1 aromatic carbocycles. The predicted molar refractivity (Wildman–Crippen MR) is 88.3 cm³/mol. The van der Waals surface area contributed by atoms with Crippen molar-refractivity contribution in [3.05, 3.63) is 49.7 Å². The summed E-state index contributed by atoms with van der Waals surface area (Å²) in [4.78, 5) is 14.2. The molecular formula is C14H15IN2OS. The van der Waals surface area contributed by atoms with Crippen molar-refractivity contribution in [2.24, 2.45) is 0 Å². The predicted octanol–water partition coefficient (Wildman–Crippen LogP) is 3.60. The van der Waals surface area contributed by atoms with E-state index in [2.05, 4.69) is 22.6 Å². The highest BCUT2D eigenvalue weighted by Gasteiger charge is 2.16. The van der Waals surface area contributed by atoms with Crippen molar-refractivity contribution < 1.29 is 4.79 Å². The summed E-state index contributed by atoms with van der Waals surface area (Å²) in [5.41, 5.74) is 8.40. The Morgan fingerprint density at radius 1 is 1.42 bits per heavy atom. The van der Waals surface area contributed by atoms with Crippen LogP contribution in [0, 0.1) is 2.88 Å². The number of amides is 1. The number of carbonyl (C=O) groups is 1. The Morgan fingerprint density at radius 3 is 2.74 bits per heavy atom. The standard InChI is InChI=1S/C14H15IN2OS/c1-2-17(8-10-5-3-4-6-12(10)16)14(18)11-7-13(15)19-9-11/h3-7,9H,2,8,16H2,1H3. The first kappa shape index (κ1) is 14.3. The van der Waals surface area contributed by atoms with Gasteiger partial charge in [-0.25, -0.2) is 0 Å². The highest BCUT2D eigenvalue weighted by atomic mass is 127. The summed E-state index contributed by atoms with van der Waals surface area (Å²) in [5, 5.41) is 1.90. The average Bonchev–Trinajstić information content (AvgIpc) is 2.84. The van der Waals surface area contributed by atoms with E-state index in [-0.39, 0.29) is 5.91 Å². The van der Waals surface area contributed by atoms with Gasteiger partial charge in [-0.15, -0.1) is 11.3 Å². The lowest BCUT2D eigenvalue weighted by Gasteiger charge is -2.21. The van der Waals surface area contributed by atoms with Gasteiger partial charge < -0.3 is 10.6 Å². The van der Waals surface area contributed by atoms with E-state index in [0.717, 1.165) is 19.7 Å². The van der Waals surface area contributed by atoms with Crippen LogP contribution >= 0.6 is 33.9 Å². The first-order valence-electron chi connectivity index (χ1n) is 5.98. The molecule has 0 saturated carbocycles. The molecule has 0 fully saturated rings. The molecule has 2 N–H and O–H groups in total. The zero-order valence-corrected chi connectivity index (χ0v) is 13.6. The molecular weight excluding hydrogens is 371 g/mol. The molecule has 0 aliphatic heterocycles. The van der Waals surface area contributed by atoms with E-state index >= 15 is 0 Å². The van der Waals surface area contributed by atoms with Crippen LogP contribution in [0.15, 0.2) is 35.7 Å². The molecule has 1 aromatic heterocycles. The van der Waals surface area contributed by atoms with Crippen molar-refractivity contribution in [1.82, 2.24) is 4.90 Å². The van der Waals surface area contributed by atoms with Crippen LogP contribution in [0.5, 0.6) is 0 Å². The van der Waals surface area contributed by atoms with Gasteiger partial charge in [0, 0.05) is 24.2 Å². The lowest BCUT2D eigenvalue weighted by atomic mass is 10.1. The van der Waals surface area contributed by atoms with E-state index in [1.165, 1.54) is 0 Å². The molecule has 0 aliphatic rings. The second-order valence-corrected chi connectivity index (χ2v) is 6.96. The van der Waals surface area contributed by atoms with Crippen molar-refractivity contribution in [2.45, 2.75) is 13.5 Å². The maximum Gasteiger partial charge on any atom is 0.255 e. The van der Waals surface area contributed by atoms with Crippen molar-refractivity contribution >= 4 is 45.5 Å².